The molecule has 45 heavy (non-hydrogen) atoms. The summed E-state index contributed by atoms with van der Waals surface area (Å²) in [5, 5.41) is 13.4. The Bertz CT molecular complexity index is 1900. The van der Waals surface area contributed by atoms with Crippen LogP contribution in [0.3, 0.4) is 0 Å². The molecule has 230 valence electrons. The number of rotatable bonds is 6. The number of halogens is 1. The number of amides is 3. The van der Waals surface area contributed by atoms with Crippen LogP contribution in [0.4, 0.5) is 21.5 Å². The number of nitrogens with zero attached hydrogens (tertiary/aromatic N) is 3. The van der Waals surface area contributed by atoms with E-state index in [1.54, 1.807) is 0 Å². The van der Waals surface area contributed by atoms with Crippen LogP contribution in [0, 0.1) is 21.8 Å². The van der Waals surface area contributed by atoms with E-state index in [4.69, 9.17) is 0 Å². The van der Waals surface area contributed by atoms with Crippen molar-refractivity contribution >= 4 is 57.9 Å². The standard InChI is InChI=1S/C32H27FN4O6S2/c1-32(2,3)18-6-4-17(5-7-18)24-25-26(29(40)36(28(25)39)21-12-14-22(15-13-21)37(42)43)44-30-27(24)45-31(41)35(30)16-23(38)34-20-10-8-19(33)9-11-20/h4-15,24-26H,16H2,1-3H3,(H,34,38)/t24-,25+,26-/m0/s1. The molecule has 3 aromatic carbocycles. The Morgan fingerprint density at radius 3 is 2.20 bits per heavy atom. The van der Waals surface area contributed by atoms with Crippen molar-refractivity contribution in [1.29, 1.82) is 0 Å². The summed E-state index contributed by atoms with van der Waals surface area (Å²) in [4.78, 5) is 66.2. The van der Waals surface area contributed by atoms with E-state index >= 15 is 0 Å². The highest BCUT2D eigenvalue weighted by Crippen LogP contribution is 2.54. The summed E-state index contributed by atoms with van der Waals surface area (Å²) in [6.07, 6.45) is 0. The molecule has 2 aliphatic heterocycles. The largest absolute Gasteiger partial charge is 0.325 e. The third-order valence-electron chi connectivity index (χ3n) is 7.93. The van der Waals surface area contributed by atoms with Crippen molar-refractivity contribution in [2.75, 3.05) is 10.2 Å². The van der Waals surface area contributed by atoms with Crippen molar-refractivity contribution in [3.05, 3.63) is 114 Å². The number of nitrogens with one attached hydrogen (secondary N) is 1. The topological polar surface area (TPSA) is 132 Å². The van der Waals surface area contributed by atoms with Crippen LogP contribution in [0.15, 0.2) is 82.6 Å². The van der Waals surface area contributed by atoms with Gasteiger partial charge in [-0.3, -0.25) is 33.9 Å². The first kappa shape index (κ1) is 30.4. The molecule has 0 radical (unpaired) electrons. The maximum Gasteiger partial charge on any atom is 0.308 e. The molecule has 3 heterocycles. The Labute approximate surface area is 265 Å². The molecular weight excluding hydrogens is 620 g/mol. The second kappa shape index (κ2) is 11.4. The average Bonchev–Trinajstić information content (AvgIpc) is 3.44. The molecule has 0 unspecified atom stereocenters. The number of aromatic nitrogens is 1. The van der Waals surface area contributed by atoms with E-state index in [0.29, 0.717) is 15.6 Å². The molecule has 6 rings (SSSR count). The zero-order chi connectivity index (χ0) is 32.2. The van der Waals surface area contributed by atoms with Crippen molar-refractivity contribution in [3.8, 4) is 0 Å². The van der Waals surface area contributed by atoms with Crippen LogP contribution in [0.25, 0.3) is 0 Å². The predicted molar refractivity (Wildman–Crippen MR) is 169 cm³/mol. The molecule has 3 amide bonds. The minimum atomic E-state index is -0.909. The normalized spacial score (nSPS) is 19.3. The van der Waals surface area contributed by atoms with Crippen molar-refractivity contribution in [3.63, 3.8) is 0 Å². The molecule has 1 aromatic heterocycles. The van der Waals surface area contributed by atoms with E-state index in [-0.39, 0.29) is 23.3 Å². The molecule has 0 bridgehead atoms. The third kappa shape index (κ3) is 5.57. The van der Waals surface area contributed by atoms with Crippen LogP contribution >= 0.6 is 23.1 Å². The minimum Gasteiger partial charge on any atom is -0.325 e. The number of thiazole rings is 1. The van der Waals surface area contributed by atoms with Gasteiger partial charge >= 0.3 is 4.87 Å². The maximum absolute atomic E-state index is 14.1. The van der Waals surface area contributed by atoms with Crippen LogP contribution in [-0.2, 0) is 26.3 Å². The van der Waals surface area contributed by atoms with Gasteiger partial charge in [0.05, 0.1) is 21.6 Å². The summed E-state index contributed by atoms with van der Waals surface area (Å²) < 4.78 is 14.6. The van der Waals surface area contributed by atoms with Gasteiger partial charge in [0.2, 0.25) is 17.7 Å². The molecule has 10 nitrogen and oxygen atoms in total. The molecule has 13 heteroatoms. The molecule has 3 atom stereocenters. The van der Waals surface area contributed by atoms with E-state index in [1.165, 1.54) is 53.1 Å². The first-order valence-corrected chi connectivity index (χ1v) is 15.7. The first-order valence-electron chi connectivity index (χ1n) is 14.0. The lowest BCUT2D eigenvalue weighted by atomic mass is 9.81. The van der Waals surface area contributed by atoms with Gasteiger partial charge in [0.1, 0.15) is 17.6 Å². The van der Waals surface area contributed by atoms with Crippen LogP contribution < -0.4 is 15.1 Å². The summed E-state index contributed by atoms with van der Waals surface area (Å²) in [6.45, 7) is 5.89. The van der Waals surface area contributed by atoms with Crippen LogP contribution in [0.1, 0.15) is 42.7 Å². The summed E-state index contributed by atoms with van der Waals surface area (Å²) in [7, 11) is 0. The van der Waals surface area contributed by atoms with Gasteiger partial charge in [0, 0.05) is 28.6 Å². The number of anilines is 2. The Hall–Kier alpha value is -4.62. The zero-order valence-electron chi connectivity index (χ0n) is 24.4. The lowest BCUT2D eigenvalue weighted by Crippen LogP contribution is -2.33. The van der Waals surface area contributed by atoms with Crippen molar-refractivity contribution < 1.29 is 23.7 Å². The van der Waals surface area contributed by atoms with Crippen molar-refractivity contribution in [2.24, 2.45) is 5.92 Å². The van der Waals surface area contributed by atoms with Gasteiger partial charge in [-0.25, -0.2) is 9.29 Å². The van der Waals surface area contributed by atoms with Gasteiger partial charge in [0.15, 0.2) is 0 Å². The molecule has 2 aliphatic rings. The van der Waals surface area contributed by atoms with Gasteiger partial charge < -0.3 is 5.32 Å². The number of imide groups is 1. The first-order chi connectivity index (χ1) is 21.3. The average molecular weight is 647 g/mol. The number of carbonyl (C=O) groups is 3. The molecule has 0 spiro atoms. The van der Waals surface area contributed by atoms with Crippen LogP contribution in [0.5, 0.6) is 0 Å². The number of nitro benzene ring substituents is 1. The summed E-state index contributed by atoms with van der Waals surface area (Å²) >= 11 is 2.01. The van der Waals surface area contributed by atoms with Gasteiger partial charge in [-0.15, -0.1) is 0 Å². The smallest absolute Gasteiger partial charge is 0.308 e. The van der Waals surface area contributed by atoms with Crippen molar-refractivity contribution in [1.82, 2.24) is 4.57 Å². The monoisotopic (exact) mass is 646 g/mol. The fraction of sp³-hybridized carbons (Fsp3) is 0.250. The minimum absolute atomic E-state index is 0.132. The van der Waals surface area contributed by atoms with E-state index in [0.717, 1.165) is 39.1 Å². The van der Waals surface area contributed by atoms with E-state index in [9.17, 15) is 33.7 Å². The number of benzene rings is 3. The molecule has 1 fully saturated rings. The highest BCUT2D eigenvalue weighted by Gasteiger charge is 2.56. The fourth-order valence-corrected chi connectivity index (χ4v) is 8.43. The summed E-state index contributed by atoms with van der Waals surface area (Å²) in [6, 6.07) is 18.2. The number of nitro groups is 1. The summed E-state index contributed by atoms with van der Waals surface area (Å²) in [5.74, 6) is -3.46. The number of hydrogen-bond donors (Lipinski definition) is 1. The Balaban J connectivity index is 1.41. The van der Waals surface area contributed by atoms with E-state index in [2.05, 4.69) is 26.1 Å². The molecule has 0 aliphatic carbocycles. The number of carbonyl (C=O) groups excluding carboxylic acids is 3. The van der Waals surface area contributed by atoms with Crippen LogP contribution in [0.2, 0.25) is 0 Å². The lowest BCUT2D eigenvalue weighted by molar-refractivity contribution is -0.384. The second-order valence-electron chi connectivity index (χ2n) is 11.9. The molecule has 4 aromatic rings. The number of non-ortho nitro benzene ring substituents is 1. The van der Waals surface area contributed by atoms with Gasteiger partial charge in [-0.05, 0) is 52.9 Å². The molecule has 1 N–H and O–H groups in total. The highest BCUT2D eigenvalue weighted by atomic mass is 32.2. The Morgan fingerprint density at radius 1 is 0.956 bits per heavy atom. The van der Waals surface area contributed by atoms with Crippen LogP contribution in [-0.4, -0.2) is 32.5 Å². The second-order valence-corrected chi connectivity index (χ2v) is 14.0. The number of thioether (sulfide) groups is 1. The molecule has 1 saturated heterocycles. The zero-order valence-corrected chi connectivity index (χ0v) is 26.0. The predicted octanol–water partition coefficient (Wildman–Crippen LogP) is 5.69. The molecule has 0 saturated carbocycles. The number of hydrogen-bond acceptors (Lipinski definition) is 8. The Morgan fingerprint density at radius 2 is 1.60 bits per heavy atom. The Kier molecular flexibility index (Phi) is 7.69. The third-order valence-corrected chi connectivity index (χ3v) is 10.5. The van der Waals surface area contributed by atoms with Gasteiger partial charge in [-0.1, -0.05) is 68.1 Å². The highest BCUT2D eigenvalue weighted by molar-refractivity contribution is 8.00. The number of fused-ring (bicyclic) bond motifs is 2. The lowest BCUT2D eigenvalue weighted by Gasteiger charge is -2.31. The van der Waals surface area contributed by atoms with Crippen molar-refractivity contribution in [2.45, 2.75) is 48.9 Å². The van der Waals surface area contributed by atoms with Gasteiger partial charge in [-0.2, -0.15) is 0 Å². The van der Waals surface area contributed by atoms with E-state index in [1.807, 2.05) is 24.3 Å². The fourth-order valence-electron chi connectivity index (χ4n) is 5.66. The SMILES string of the molecule is CC(C)(C)c1ccc([C@@H]2c3sc(=O)n(CC(=O)Nc4ccc(F)cc4)c3S[C@@H]3C(=O)N(c4ccc([N+](=O)[O-])cc4)C(=O)[C@H]23)cc1. The van der Waals surface area contributed by atoms with Gasteiger partial charge in [0.25, 0.3) is 5.69 Å². The maximum atomic E-state index is 14.1. The van der Waals surface area contributed by atoms with E-state index < -0.39 is 50.4 Å². The quantitative estimate of drug-likeness (QED) is 0.162. The molecular formula is C32H27FN4O6S2. The summed E-state index contributed by atoms with van der Waals surface area (Å²) in [5.41, 5.74) is 2.08.